The van der Waals surface area contributed by atoms with Gasteiger partial charge in [-0.15, -0.1) is 0 Å². The summed E-state index contributed by atoms with van der Waals surface area (Å²) >= 11 is 0. The summed E-state index contributed by atoms with van der Waals surface area (Å²) < 4.78 is 42.1. The quantitative estimate of drug-likeness (QED) is 0.329. The lowest BCUT2D eigenvalue weighted by Crippen LogP contribution is -2.58. The van der Waals surface area contributed by atoms with Gasteiger partial charge in [0, 0.05) is 50.9 Å². The fraction of sp³-hybridized carbons (Fsp3) is 0.714. The first-order valence-electron chi connectivity index (χ1n) is 11.0. The average molecular weight is 461 g/mol. The topological polar surface area (TPSA) is 64.6 Å². The molecule has 0 saturated heterocycles. The molecule has 1 aromatic rings. The maximum Gasteiger partial charge on any atom is 0.537 e. The average Bonchev–Trinajstić information content (AvgIpc) is 2.73. The van der Waals surface area contributed by atoms with Crippen LogP contribution in [-0.4, -0.2) is 64.4 Å². The number of benzene rings is 1. The zero-order valence-corrected chi connectivity index (χ0v) is 21.7. The third kappa shape index (κ3) is 7.42. The van der Waals surface area contributed by atoms with Crippen molar-refractivity contribution in [2.45, 2.75) is 54.0 Å². The van der Waals surface area contributed by atoms with Crippen LogP contribution in [0.3, 0.4) is 0 Å². The molecule has 7 nitrogen and oxygen atoms in total. The van der Waals surface area contributed by atoms with E-state index < -0.39 is 17.6 Å². The van der Waals surface area contributed by atoms with Crippen molar-refractivity contribution in [3.63, 3.8) is 0 Å². The Balaban J connectivity index is 3.37. The largest absolute Gasteiger partial charge is 0.537 e. The van der Waals surface area contributed by atoms with Gasteiger partial charge >= 0.3 is 17.6 Å². The predicted molar refractivity (Wildman–Crippen MR) is 122 cm³/mol. The molecule has 0 spiro atoms. The van der Waals surface area contributed by atoms with Gasteiger partial charge in [-0.05, 0) is 65.7 Å². The summed E-state index contributed by atoms with van der Waals surface area (Å²) in [5, 5.41) is 0.930. The number of hydrogen-bond acceptors (Lipinski definition) is 7. The fourth-order valence-corrected chi connectivity index (χ4v) is 8.76. The van der Waals surface area contributed by atoms with Crippen LogP contribution in [-0.2, 0) is 33.0 Å². The first-order valence-corrected chi connectivity index (χ1v) is 14.7. The van der Waals surface area contributed by atoms with Gasteiger partial charge in [0.15, 0.2) is 0 Å². The molecule has 0 heterocycles. The Bertz CT molecular complexity index is 567. The summed E-state index contributed by atoms with van der Waals surface area (Å²) in [6.07, 6.45) is 0.702. The summed E-state index contributed by atoms with van der Waals surface area (Å²) in [5.74, 6) is 0.743. The Kier molecular flexibility index (Phi) is 13.0. The Morgan fingerprint density at radius 2 is 1.13 bits per heavy atom. The third-order valence-electron chi connectivity index (χ3n) is 4.44. The molecule has 0 aliphatic heterocycles. The van der Waals surface area contributed by atoms with Gasteiger partial charge in [0.25, 0.3) is 0 Å². The second-order valence-corrected chi connectivity index (χ2v) is 11.6. The zero-order valence-electron chi connectivity index (χ0n) is 19.7. The molecule has 1 aromatic carbocycles. The van der Waals surface area contributed by atoms with Gasteiger partial charge in [-0.1, -0.05) is 6.07 Å². The number of methoxy groups -OCH3 is 1. The van der Waals surface area contributed by atoms with Crippen LogP contribution < -0.4 is 9.92 Å². The normalized spacial score (nSPS) is 12.4. The van der Waals surface area contributed by atoms with E-state index in [1.165, 1.54) is 0 Å². The lowest BCUT2D eigenvalue weighted by molar-refractivity contribution is 0.0711. The van der Waals surface area contributed by atoms with E-state index in [0.717, 1.165) is 16.5 Å². The molecular weight excluding hydrogens is 420 g/mol. The monoisotopic (exact) mass is 460 g/mol. The van der Waals surface area contributed by atoms with Crippen molar-refractivity contribution in [1.29, 1.82) is 0 Å². The lowest BCUT2D eigenvalue weighted by Gasteiger charge is -2.32. The van der Waals surface area contributed by atoms with Crippen LogP contribution in [0.15, 0.2) is 18.2 Å². The molecule has 0 fully saturated rings. The summed E-state index contributed by atoms with van der Waals surface area (Å²) in [7, 11) is -4.22. The minimum Gasteiger partial charge on any atom is -0.497 e. The number of hydrogen-bond donors (Lipinski definition) is 0. The molecule has 0 aromatic heterocycles. The van der Waals surface area contributed by atoms with Gasteiger partial charge in [-0.2, -0.15) is 0 Å². The highest BCUT2D eigenvalue weighted by atomic mass is 28.4. The molecule has 0 N–H and O–H groups in total. The van der Waals surface area contributed by atoms with Gasteiger partial charge in [-0.3, -0.25) is 0 Å². The van der Waals surface area contributed by atoms with Gasteiger partial charge < -0.3 is 31.3 Å². The van der Waals surface area contributed by atoms with Crippen molar-refractivity contribution >= 4 is 22.8 Å². The first kappa shape index (κ1) is 27.2. The summed E-state index contributed by atoms with van der Waals surface area (Å²) in [6, 6.07) is 6.65. The summed E-state index contributed by atoms with van der Waals surface area (Å²) in [4.78, 5) is 0. The van der Waals surface area contributed by atoms with Crippen molar-refractivity contribution in [2.75, 3.05) is 46.8 Å². The first-order chi connectivity index (χ1) is 14.5. The van der Waals surface area contributed by atoms with E-state index in [-0.39, 0.29) is 0 Å². The lowest BCUT2D eigenvalue weighted by atomic mass is 10.1. The molecule has 0 aliphatic carbocycles. The van der Waals surface area contributed by atoms with Crippen molar-refractivity contribution in [3.8, 4) is 5.75 Å². The molecule has 174 valence electrons. The Labute approximate surface area is 184 Å². The zero-order chi connectivity index (χ0) is 22.5. The van der Waals surface area contributed by atoms with Gasteiger partial charge in [0.1, 0.15) is 5.75 Å². The van der Waals surface area contributed by atoms with Crippen LogP contribution in [0.1, 0.15) is 47.1 Å². The van der Waals surface area contributed by atoms with E-state index in [9.17, 15) is 0 Å². The Hall–Kier alpha value is -0.786. The van der Waals surface area contributed by atoms with Crippen LogP contribution in [0.2, 0.25) is 6.04 Å². The van der Waals surface area contributed by atoms with E-state index in [4.69, 9.17) is 31.3 Å². The van der Waals surface area contributed by atoms with E-state index in [1.807, 2.05) is 53.7 Å². The van der Waals surface area contributed by atoms with Crippen LogP contribution in [0.25, 0.3) is 0 Å². The number of ether oxygens (including phenoxy) is 1. The number of aryl methyl sites for hydroxylation is 1. The fourth-order valence-electron chi connectivity index (χ4n) is 3.40. The highest BCUT2D eigenvalue weighted by Gasteiger charge is 2.46. The second-order valence-electron chi connectivity index (χ2n) is 6.36. The van der Waals surface area contributed by atoms with E-state index in [2.05, 4.69) is 6.07 Å². The minimum absolute atomic E-state index is 0.498. The molecule has 30 heavy (non-hydrogen) atoms. The van der Waals surface area contributed by atoms with Crippen LogP contribution in [0.4, 0.5) is 0 Å². The highest BCUT2D eigenvalue weighted by Crippen LogP contribution is 2.23. The highest BCUT2D eigenvalue weighted by molar-refractivity contribution is 6.76. The molecule has 0 aliphatic rings. The summed E-state index contributed by atoms with van der Waals surface area (Å²) in [5.41, 5.74) is 1.08. The Morgan fingerprint density at radius 3 is 1.53 bits per heavy atom. The smallest absolute Gasteiger partial charge is 0.497 e. The maximum atomic E-state index is 6.17. The predicted octanol–water partition coefficient (Wildman–Crippen LogP) is 3.54. The second kappa shape index (κ2) is 14.3. The van der Waals surface area contributed by atoms with Crippen LogP contribution in [0, 0.1) is 0 Å². The van der Waals surface area contributed by atoms with Gasteiger partial charge in [-0.25, -0.2) is 0 Å². The molecule has 0 amide bonds. The molecule has 0 radical (unpaired) electrons. The van der Waals surface area contributed by atoms with E-state index >= 15 is 0 Å². The van der Waals surface area contributed by atoms with Crippen molar-refractivity contribution < 1.29 is 31.3 Å². The number of rotatable bonds is 17. The van der Waals surface area contributed by atoms with Crippen LogP contribution >= 0.6 is 0 Å². The standard InChI is InChI=1S/C21H40O7Si2/c1-8-23-29(24-9-2,25-10-3)17-16-19-14-15-20(22-7)18-21(19)30(26-11-4,27-12-5)28-13-6/h14-15,18H,8-13,16-17H2,1-7H3. The minimum atomic E-state index is -3.10. The molecule has 1 rings (SSSR count). The van der Waals surface area contributed by atoms with Gasteiger partial charge in [0.05, 0.1) is 7.11 Å². The maximum absolute atomic E-state index is 6.17. The molecule has 0 unspecified atom stereocenters. The summed E-state index contributed by atoms with van der Waals surface area (Å²) in [6.45, 7) is 14.9. The molecule has 0 atom stereocenters. The van der Waals surface area contributed by atoms with Gasteiger partial charge in [0.2, 0.25) is 0 Å². The third-order valence-corrected chi connectivity index (χ3v) is 10.6. The van der Waals surface area contributed by atoms with E-state index in [1.54, 1.807) is 7.11 Å². The Morgan fingerprint density at radius 1 is 0.667 bits per heavy atom. The molecule has 0 saturated carbocycles. The SMILES string of the molecule is CCO[Si](CCc1ccc(OC)cc1[Si](OCC)(OCC)OCC)(OCC)OCC. The molecule has 0 bridgehead atoms. The van der Waals surface area contributed by atoms with E-state index in [0.29, 0.717) is 52.1 Å². The van der Waals surface area contributed by atoms with Crippen molar-refractivity contribution in [1.82, 2.24) is 0 Å². The molecule has 9 heteroatoms. The van der Waals surface area contributed by atoms with Crippen LogP contribution in [0.5, 0.6) is 5.75 Å². The van der Waals surface area contributed by atoms with Crippen molar-refractivity contribution in [3.05, 3.63) is 23.8 Å². The van der Waals surface area contributed by atoms with Crippen molar-refractivity contribution in [2.24, 2.45) is 0 Å². The molecular formula is C21H40O7Si2.